The Balaban J connectivity index is 1.61. The van der Waals surface area contributed by atoms with Crippen molar-refractivity contribution in [3.8, 4) is 0 Å². The second-order valence-corrected chi connectivity index (χ2v) is 7.02. The van der Waals surface area contributed by atoms with Crippen LogP contribution in [0.4, 0.5) is 5.95 Å². The Morgan fingerprint density at radius 1 is 1.37 bits per heavy atom. The second kappa shape index (κ2) is 5.71. The number of thioether (sulfide) groups is 1. The van der Waals surface area contributed by atoms with Gasteiger partial charge in [0.2, 0.25) is 5.95 Å². The summed E-state index contributed by atoms with van der Waals surface area (Å²) in [5, 5.41) is 8.06. The van der Waals surface area contributed by atoms with Crippen LogP contribution >= 0.6 is 11.8 Å². The largest absolute Gasteiger partial charge is 0.340 e. The van der Waals surface area contributed by atoms with E-state index in [1.165, 1.54) is 18.6 Å². The molecule has 0 spiro atoms. The number of aromatic amines is 1. The van der Waals surface area contributed by atoms with E-state index < -0.39 is 0 Å². The van der Waals surface area contributed by atoms with Gasteiger partial charge in [-0.3, -0.25) is 5.10 Å². The summed E-state index contributed by atoms with van der Waals surface area (Å²) in [5.74, 6) is 3.85. The second-order valence-electron chi connectivity index (χ2n) is 5.71. The van der Waals surface area contributed by atoms with Crippen LogP contribution in [0.5, 0.6) is 0 Å². The zero-order chi connectivity index (χ0) is 13.2. The van der Waals surface area contributed by atoms with Crippen molar-refractivity contribution in [2.24, 2.45) is 11.7 Å². The fourth-order valence-corrected chi connectivity index (χ4v) is 4.18. The van der Waals surface area contributed by atoms with E-state index in [1.54, 1.807) is 0 Å². The van der Waals surface area contributed by atoms with Crippen LogP contribution in [-0.2, 0) is 0 Å². The van der Waals surface area contributed by atoms with Gasteiger partial charge in [-0.25, -0.2) is 0 Å². The van der Waals surface area contributed by atoms with Gasteiger partial charge in [0.05, 0.1) is 5.25 Å². The van der Waals surface area contributed by atoms with E-state index in [1.807, 2.05) is 11.8 Å². The molecule has 0 saturated carbocycles. The van der Waals surface area contributed by atoms with Crippen LogP contribution in [0.3, 0.4) is 0 Å². The molecule has 5 nitrogen and oxygen atoms in total. The Morgan fingerprint density at radius 2 is 2.16 bits per heavy atom. The lowest BCUT2D eigenvalue weighted by Gasteiger charge is -2.32. The molecule has 2 fully saturated rings. The number of rotatable bonds is 3. The molecule has 0 radical (unpaired) electrons. The van der Waals surface area contributed by atoms with E-state index in [0.29, 0.717) is 17.2 Å². The van der Waals surface area contributed by atoms with E-state index >= 15 is 0 Å². The molecule has 0 amide bonds. The first-order valence-electron chi connectivity index (χ1n) is 7.28. The Hall–Kier alpha value is -0.750. The highest BCUT2D eigenvalue weighted by atomic mass is 32.2. The fraction of sp³-hybridized carbons (Fsp3) is 0.846. The molecule has 2 atom stereocenters. The quantitative estimate of drug-likeness (QED) is 0.886. The molecule has 3 rings (SSSR count). The molecule has 3 N–H and O–H groups in total. The van der Waals surface area contributed by atoms with Crippen molar-refractivity contribution in [2.45, 2.75) is 43.9 Å². The van der Waals surface area contributed by atoms with Crippen LogP contribution in [-0.4, -0.2) is 40.1 Å². The lowest BCUT2D eigenvalue weighted by molar-refractivity contribution is 0.352. The zero-order valence-corrected chi connectivity index (χ0v) is 12.3. The highest BCUT2D eigenvalue weighted by Crippen LogP contribution is 2.38. The predicted molar refractivity (Wildman–Crippen MR) is 79.4 cm³/mol. The van der Waals surface area contributed by atoms with Crippen molar-refractivity contribution >= 4 is 17.7 Å². The van der Waals surface area contributed by atoms with Crippen LogP contribution in [0.1, 0.15) is 43.7 Å². The van der Waals surface area contributed by atoms with Crippen molar-refractivity contribution in [2.75, 3.05) is 23.7 Å². The number of aromatic nitrogens is 3. The van der Waals surface area contributed by atoms with Crippen molar-refractivity contribution < 1.29 is 0 Å². The third kappa shape index (κ3) is 2.89. The summed E-state index contributed by atoms with van der Waals surface area (Å²) in [5.41, 5.74) is 5.98. The van der Waals surface area contributed by atoms with Crippen molar-refractivity contribution in [1.29, 1.82) is 0 Å². The highest BCUT2D eigenvalue weighted by molar-refractivity contribution is 7.99. The van der Waals surface area contributed by atoms with Crippen LogP contribution in [0.2, 0.25) is 0 Å². The van der Waals surface area contributed by atoms with Crippen molar-refractivity contribution in [3.05, 3.63) is 5.82 Å². The summed E-state index contributed by atoms with van der Waals surface area (Å²) in [6, 6.07) is 0.305. The maximum Gasteiger partial charge on any atom is 0.244 e. The SMILES string of the molecule is CC(N)C1CCN(c2n[nH]c(C3CCCS3)n2)CC1. The molecule has 2 aliphatic heterocycles. The van der Waals surface area contributed by atoms with Gasteiger partial charge in [-0.1, -0.05) is 0 Å². The van der Waals surface area contributed by atoms with Crippen LogP contribution < -0.4 is 10.6 Å². The topological polar surface area (TPSA) is 70.8 Å². The smallest absolute Gasteiger partial charge is 0.244 e. The van der Waals surface area contributed by atoms with Gasteiger partial charge in [0.1, 0.15) is 5.82 Å². The standard InChI is InChI=1S/C13H23N5S/c1-9(14)10-4-6-18(7-5-10)13-15-12(16-17-13)11-3-2-8-19-11/h9-11H,2-8,14H2,1H3,(H,15,16,17). The van der Waals surface area contributed by atoms with Crippen molar-refractivity contribution in [3.63, 3.8) is 0 Å². The van der Waals surface area contributed by atoms with E-state index in [4.69, 9.17) is 10.7 Å². The van der Waals surface area contributed by atoms with Crippen LogP contribution in [0.25, 0.3) is 0 Å². The molecule has 19 heavy (non-hydrogen) atoms. The number of hydrogen-bond donors (Lipinski definition) is 2. The van der Waals surface area contributed by atoms with Crippen LogP contribution in [0, 0.1) is 5.92 Å². The number of hydrogen-bond acceptors (Lipinski definition) is 5. The summed E-state index contributed by atoms with van der Waals surface area (Å²) in [4.78, 5) is 6.98. The van der Waals surface area contributed by atoms with Gasteiger partial charge in [-0.2, -0.15) is 16.7 Å². The molecule has 0 bridgehead atoms. The van der Waals surface area contributed by atoms with Gasteiger partial charge >= 0.3 is 0 Å². The first-order valence-corrected chi connectivity index (χ1v) is 8.33. The number of nitrogens with two attached hydrogens (primary N) is 1. The summed E-state index contributed by atoms with van der Waals surface area (Å²) in [6.45, 7) is 4.17. The van der Waals surface area contributed by atoms with E-state index in [9.17, 15) is 0 Å². The molecule has 2 aliphatic rings. The number of piperidine rings is 1. The minimum atomic E-state index is 0.305. The fourth-order valence-electron chi connectivity index (χ4n) is 2.97. The highest BCUT2D eigenvalue weighted by Gasteiger charge is 2.26. The molecular weight excluding hydrogens is 258 g/mol. The monoisotopic (exact) mass is 281 g/mol. The molecule has 6 heteroatoms. The van der Waals surface area contributed by atoms with E-state index in [0.717, 1.165) is 37.7 Å². The van der Waals surface area contributed by atoms with Gasteiger partial charge < -0.3 is 10.6 Å². The summed E-state index contributed by atoms with van der Waals surface area (Å²) >= 11 is 1.99. The molecule has 2 unspecified atom stereocenters. The predicted octanol–water partition coefficient (Wildman–Crippen LogP) is 1.94. The number of H-pyrrole nitrogens is 1. The van der Waals surface area contributed by atoms with Gasteiger partial charge in [-0.15, -0.1) is 5.10 Å². The molecular formula is C13H23N5S. The molecule has 106 valence electrons. The Labute approximate surface area is 118 Å². The Bertz CT molecular complexity index is 405. The number of nitrogens with one attached hydrogen (secondary N) is 1. The lowest BCUT2D eigenvalue weighted by atomic mass is 9.91. The summed E-state index contributed by atoms with van der Waals surface area (Å²) < 4.78 is 0. The average Bonchev–Trinajstić information content (AvgIpc) is 3.10. The first-order chi connectivity index (χ1) is 9.24. The number of nitrogens with zero attached hydrogens (tertiary/aromatic N) is 3. The van der Waals surface area contributed by atoms with Gasteiger partial charge in [0.15, 0.2) is 0 Å². The van der Waals surface area contributed by atoms with Crippen molar-refractivity contribution in [1.82, 2.24) is 15.2 Å². The summed E-state index contributed by atoms with van der Waals surface area (Å²) in [6.07, 6.45) is 4.83. The average molecular weight is 281 g/mol. The normalized spacial score (nSPS) is 26.8. The maximum absolute atomic E-state index is 5.98. The van der Waals surface area contributed by atoms with Gasteiger partial charge in [-0.05, 0) is 44.3 Å². The minimum absolute atomic E-state index is 0.305. The van der Waals surface area contributed by atoms with Crippen LogP contribution in [0.15, 0.2) is 0 Å². The van der Waals surface area contributed by atoms with E-state index in [-0.39, 0.29) is 0 Å². The van der Waals surface area contributed by atoms with E-state index in [2.05, 4.69) is 22.0 Å². The molecule has 1 aromatic heterocycles. The molecule has 0 aliphatic carbocycles. The summed E-state index contributed by atoms with van der Waals surface area (Å²) in [7, 11) is 0. The Kier molecular flexibility index (Phi) is 3.98. The third-order valence-corrected chi connectivity index (χ3v) is 5.68. The third-order valence-electron chi connectivity index (χ3n) is 4.29. The molecule has 1 aromatic rings. The first kappa shape index (κ1) is 13.2. The van der Waals surface area contributed by atoms with Gasteiger partial charge in [0, 0.05) is 19.1 Å². The van der Waals surface area contributed by atoms with Gasteiger partial charge in [0.25, 0.3) is 0 Å². The lowest BCUT2D eigenvalue weighted by Crippen LogP contribution is -2.40. The molecule has 3 heterocycles. The number of anilines is 1. The Morgan fingerprint density at radius 3 is 2.79 bits per heavy atom. The minimum Gasteiger partial charge on any atom is -0.340 e. The maximum atomic E-state index is 5.98. The molecule has 2 saturated heterocycles. The molecule has 0 aromatic carbocycles. The zero-order valence-electron chi connectivity index (χ0n) is 11.5.